The molecule has 1 saturated carbocycles. The van der Waals surface area contributed by atoms with Crippen LogP contribution in [0.4, 0.5) is 0 Å². The molecule has 2 nitrogen and oxygen atoms in total. The molecule has 120 valence electrons. The lowest BCUT2D eigenvalue weighted by atomic mass is 9.75. The van der Waals surface area contributed by atoms with Gasteiger partial charge in [0.05, 0.1) is 11.2 Å². The van der Waals surface area contributed by atoms with Crippen LogP contribution in [-0.2, 0) is 12.0 Å². The first-order valence-electron chi connectivity index (χ1n) is 8.75. The average molecular weight is 309 g/mol. The van der Waals surface area contributed by atoms with Crippen molar-refractivity contribution in [2.75, 3.05) is 0 Å². The molecule has 21 heavy (non-hydrogen) atoms. The van der Waals surface area contributed by atoms with Crippen molar-refractivity contribution in [3.63, 3.8) is 0 Å². The third-order valence-corrected chi connectivity index (χ3v) is 6.07. The van der Waals surface area contributed by atoms with Crippen LogP contribution in [0.3, 0.4) is 0 Å². The largest absolute Gasteiger partial charge is 0.303 e. The van der Waals surface area contributed by atoms with E-state index in [9.17, 15) is 0 Å². The standard InChI is InChI=1S/C18H32N2S/c1-6-8-15-9-11-18(12-10-15,20-13(3)4)17-19-16(7-2)14(5)21-17/h13,15,20H,6-12H2,1-5H3. The Morgan fingerprint density at radius 1 is 1.29 bits per heavy atom. The highest BCUT2D eigenvalue weighted by Crippen LogP contribution is 2.43. The number of aryl methyl sites for hydroxylation is 2. The predicted molar refractivity (Wildman–Crippen MR) is 93.0 cm³/mol. The molecule has 1 aromatic heterocycles. The topological polar surface area (TPSA) is 24.9 Å². The molecule has 3 heteroatoms. The van der Waals surface area contributed by atoms with Crippen molar-refractivity contribution in [3.8, 4) is 0 Å². The molecule has 1 aliphatic rings. The van der Waals surface area contributed by atoms with Crippen molar-refractivity contribution in [2.24, 2.45) is 5.92 Å². The number of hydrogen-bond donors (Lipinski definition) is 1. The second-order valence-corrected chi connectivity index (χ2v) is 8.19. The van der Waals surface area contributed by atoms with E-state index < -0.39 is 0 Å². The number of nitrogens with one attached hydrogen (secondary N) is 1. The first-order chi connectivity index (χ1) is 10.0. The highest BCUT2D eigenvalue weighted by molar-refractivity contribution is 7.11. The van der Waals surface area contributed by atoms with Crippen molar-refractivity contribution in [3.05, 3.63) is 15.6 Å². The van der Waals surface area contributed by atoms with E-state index in [0.29, 0.717) is 6.04 Å². The van der Waals surface area contributed by atoms with E-state index in [2.05, 4.69) is 39.9 Å². The minimum Gasteiger partial charge on any atom is -0.303 e. The van der Waals surface area contributed by atoms with Gasteiger partial charge in [-0.25, -0.2) is 4.98 Å². The Morgan fingerprint density at radius 3 is 2.43 bits per heavy atom. The molecule has 2 rings (SSSR count). The van der Waals surface area contributed by atoms with Crippen LogP contribution in [0, 0.1) is 12.8 Å². The number of nitrogens with zero attached hydrogens (tertiary/aromatic N) is 1. The first kappa shape index (κ1) is 17.0. The maximum atomic E-state index is 5.00. The van der Waals surface area contributed by atoms with E-state index in [1.54, 1.807) is 0 Å². The number of hydrogen-bond acceptors (Lipinski definition) is 3. The smallest absolute Gasteiger partial charge is 0.113 e. The zero-order valence-electron chi connectivity index (χ0n) is 14.5. The molecule has 1 N–H and O–H groups in total. The summed E-state index contributed by atoms with van der Waals surface area (Å²) >= 11 is 1.93. The minimum atomic E-state index is 0.140. The van der Waals surface area contributed by atoms with E-state index in [1.807, 2.05) is 11.3 Å². The van der Waals surface area contributed by atoms with E-state index >= 15 is 0 Å². The van der Waals surface area contributed by atoms with Crippen LogP contribution in [0.2, 0.25) is 0 Å². The molecule has 1 fully saturated rings. The van der Waals surface area contributed by atoms with Crippen LogP contribution in [0.5, 0.6) is 0 Å². The molecule has 0 amide bonds. The third kappa shape index (κ3) is 3.87. The molecule has 0 radical (unpaired) electrons. The van der Waals surface area contributed by atoms with Crippen molar-refractivity contribution < 1.29 is 0 Å². The fourth-order valence-corrected chi connectivity index (χ4v) is 5.01. The van der Waals surface area contributed by atoms with Crippen molar-refractivity contribution in [1.82, 2.24) is 10.3 Å². The van der Waals surface area contributed by atoms with Gasteiger partial charge in [0.1, 0.15) is 5.01 Å². The maximum Gasteiger partial charge on any atom is 0.113 e. The summed E-state index contributed by atoms with van der Waals surface area (Å²) in [4.78, 5) is 6.41. The van der Waals surface area contributed by atoms with Crippen LogP contribution >= 0.6 is 11.3 Å². The molecule has 0 spiro atoms. The van der Waals surface area contributed by atoms with Gasteiger partial charge in [0.15, 0.2) is 0 Å². The lowest BCUT2D eigenvalue weighted by Gasteiger charge is -2.41. The molecule has 1 heterocycles. The Labute approximate surface area is 134 Å². The predicted octanol–water partition coefficient (Wildman–Crippen LogP) is 5.20. The second kappa shape index (κ2) is 7.23. The zero-order chi connectivity index (χ0) is 15.5. The summed E-state index contributed by atoms with van der Waals surface area (Å²) in [5.74, 6) is 0.934. The summed E-state index contributed by atoms with van der Waals surface area (Å²) in [5.41, 5.74) is 1.44. The summed E-state index contributed by atoms with van der Waals surface area (Å²) in [5, 5.41) is 5.23. The SMILES string of the molecule is CCCC1CCC(NC(C)C)(c2nc(CC)c(C)s2)CC1. The second-order valence-electron chi connectivity index (χ2n) is 6.99. The average Bonchev–Trinajstić information content (AvgIpc) is 2.82. The van der Waals surface area contributed by atoms with E-state index in [-0.39, 0.29) is 5.54 Å². The van der Waals surface area contributed by atoms with Gasteiger partial charge < -0.3 is 5.32 Å². The molecule has 0 aliphatic heterocycles. The molecule has 0 saturated heterocycles. The molecular formula is C18H32N2S. The van der Waals surface area contributed by atoms with E-state index in [1.165, 1.54) is 54.1 Å². The van der Waals surface area contributed by atoms with E-state index in [4.69, 9.17) is 4.98 Å². The van der Waals surface area contributed by atoms with Gasteiger partial charge in [0, 0.05) is 10.9 Å². The molecular weight excluding hydrogens is 276 g/mol. The van der Waals surface area contributed by atoms with Crippen molar-refractivity contribution in [1.29, 1.82) is 0 Å². The first-order valence-corrected chi connectivity index (χ1v) is 9.56. The van der Waals surface area contributed by atoms with Gasteiger partial charge in [-0.3, -0.25) is 0 Å². The van der Waals surface area contributed by atoms with Crippen LogP contribution in [0.25, 0.3) is 0 Å². The lowest BCUT2D eigenvalue weighted by molar-refractivity contribution is 0.170. The molecule has 0 atom stereocenters. The summed E-state index contributed by atoms with van der Waals surface area (Å²) < 4.78 is 0. The van der Waals surface area contributed by atoms with Gasteiger partial charge >= 0.3 is 0 Å². The fourth-order valence-electron chi connectivity index (χ4n) is 3.80. The van der Waals surface area contributed by atoms with E-state index in [0.717, 1.165) is 12.3 Å². The Morgan fingerprint density at radius 2 is 1.95 bits per heavy atom. The monoisotopic (exact) mass is 308 g/mol. The summed E-state index contributed by atoms with van der Waals surface area (Å²) in [6.45, 7) is 11.3. The van der Waals surface area contributed by atoms with Crippen LogP contribution in [-0.4, -0.2) is 11.0 Å². The van der Waals surface area contributed by atoms with Gasteiger partial charge in [-0.15, -0.1) is 11.3 Å². The third-order valence-electron chi connectivity index (χ3n) is 4.86. The number of rotatable bonds is 6. The molecule has 0 unspecified atom stereocenters. The molecule has 0 bridgehead atoms. The van der Waals surface area contributed by atoms with Gasteiger partial charge in [0.25, 0.3) is 0 Å². The highest BCUT2D eigenvalue weighted by Gasteiger charge is 2.39. The maximum absolute atomic E-state index is 5.00. The minimum absolute atomic E-state index is 0.140. The normalized spacial score (nSPS) is 26.5. The summed E-state index contributed by atoms with van der Waals surface area (Å²) in [7, 11) is 0. The molecule has 1 aromatic rings. The number of thiazole rings is 1. The van der Waals surface area contributed by atoms with Gasteiger partial charge in [0.2, 0.25) is 0 Å². The van der Waals surface area contributed by atoms with Gasteiger partial charge in [-0.05, 0) is 58.8 Å². The molecule has 1 aliphatic carbocycles. The van der Waals surface area contributed by atoms with Gasteiger partial charge in [-0.1, -0.05) is 26.7 Å². The Hall–Kier alpha value is -0.410. The van der Waals surface area contributed by atoms with Crippen LogP contribution in [0.1, 0.15) is 81.8 Å². The quantitative estimate of drug-likeness (QED) is 0.781. The Kier molecular flexibility index (Phi) is 5.84. The Balaban J connectivity index is 2.21. The highest BCUT2D eigenvalue weighted by atomic mass is 32.1. The number of aromatic nitrogens is 1. The van der Waals surface area contributed by atoms with Crippen LogP contribution < -0.4 is 5.32 Å². The van der Waals surface area contributed by atoms with Gasteiger partial charge in [-0.2, -0.15) is 0 Å². The summed E-state index contributed by atoms with van der Waals surface area (Å²) in [6.07, 6.45) is 9.00. The lowest BCUT2D eigenvalue weighted by Crippen LogP contribution is -2.48. The van der Waals surface area contributed by atoms with Crippen molar-refractivity contribution in [2.45, 2.75) is 91.1 Å². The zero-order valence-corrected chi connectivity index (χ0v) is 15.3. The van der Waals surface area contributed by atoms with Crippen molar-refractivity contribution >= 4 is 11.3 Å². The Bertz CT molecular complexity index is 442. The molecule has 0 aromatic carbocycles. The fraction of sp³-hybridized carbons (Fsp3) is 0.833. The summed E-state index contributed by atoms with van der Waals surface area (Å²) in [6, 6.07) is 0.516. The van der Waals surface area contributed by atoms with Crippen LogP contribution in [0.15, 0.2) is 0 Å².